The van der Waals surface area contributed by atoms with Gasteiger partial charge < -0.3 is 21.9 Å². The molecule has 10 heteroatoms. The van der Waals surface area contributed by atoms with Crippen LogP contribution in [-0.2, 0) is 27.3 Å². The average Bonchev–Trinajstić information content (AvgIpc) is 2.79. The highest BCUT2D eigenvalue weighted by Gasteiger charge is 2.25. The van der Waals surface area contributed by atoms with Crippen LogP contribution in [0.3, 0.4) is 0 Å². The number of carbonyl (C=O) groups is 3. The lowest BCUT2D eigenvalue weighted by molar-refractivity contribution is -0.138. The van der Waals surface area contributed by atoms with Crippen LogP contribution in [0.1, 0.15) is 30.4 Å². The average molecular weight is 579 g/mol. The van der Waals surface area contributed by atoms with Crippen LogP contribution in [0.15, 0.2) is 54.6 Å². The summed E-state index contributed by atoms with van der Waals surface area (Å²) < 4.78 is 1.08. The first kappa shape index (κ1) is 27.4. The van der Waals surface area contributed by atoms with Gasteiger partial charge in [0.2, 0.25) is 5.91 Å². The molecule has 2 unspecified atom stereocenters. The number of guanidine groups is 1. The van der Waals surface area contributed by atoms with E-state index in [2.05, 4.69) is 27.9 Å². The molecule has 0 aliphatic carbocycles. The maximum Gasteiger partial charge on any atom is 0.320 e. The highest BCUT2D eigenvalue weighted by molar-refractivity contribution is 14.1. The topological polar surface area (TPSA) is 163 Å². The van der Waals surface area contributed by atoms with Gasteiger partial charge in [-0.3, -0.25) is 24.7 Å². The molecule has 0 saturated carbocycles. The lowest BCUT2D eigenvalue weighted by atomic mass is 9.99. The zero-order chi connectivity index (χ0) is 25.1. The quantitative estimate of drug-likeness (QED) is 0.105. The van der Waals surface area contributed by atoms with Crippen molar-refractivity contribution in [3.05, 3.63) is 69.3 Å². The number of hydrogen-bond donors (Lipinski definition) is 5. The molecule has 34 heavy (non-hydrogen) atoms. The number of hydrogen-bond acceptors (Lipinski definition) is 6. The minimum absolute atomic E-state index is 0.0155. The summed E-state index contributed by atoms with van der Waals surface area (Å²) in [5, 5.41) is 19.9. The van der Waals surface area contributed by atoms with Gasteiger partial charge in [0.05, 0.1) is 12.5 Å². The molecule has 0 heterocycles. The van der Waals surface area contributed by atoms with E-state index in [-0.39, 0.29) is 25.2 Å². The maximum atomic E-state index is 13.1. The van der Waals surface area contributed by atoms with Crippen LogP contribution in [0.25, 0.3) is 0 Å². The van der Waals surface area contributed by atoms with Crippen LogP contribution in [0, 0.1) is 8.98 Å². The van der Waals surface area contributed by atoms with Crippen LogP contribution in [0.2, 0.25) is 0 Å². The predicted molar refractivity (Wildman–Crippen MR) is 138 cm³/mol. The largest absolute Gasteiger partial charge is 0.480 e. The van der Waals surface area contributed by atoms with Crippen LogP contribution in [0.4, 0.5) is 0 Å². The molecule has 0 aliphatic heterocycles. The Balaban J connectivity index is 2.06. The van der Waals surface area contributed by atoms with Gasteiger partial charge in [0.25, 0.3) is 0 Å². The third kappa shape index (κ3) is 9.20. The number of ketones is 1. The molecule has 9 nitrogen and oxygen atoms in total. The Morgan fingerprint density at radius 2 is 1.76 bits per heavy atom. The molecule has 0 spiro atoms. The van der Waals surface area contributed by atoms with E-state index < -0.39 is 36.3 Å². The highest BCUT2D eigenvalue weighted by atomic mass is 127. The molecule has 0 aliphatic rings. The SMILES string of the molecule is N=C(N)N(CCCC(N)C(=O)O)C(=O)CC(=O)C(Cc1ccccc1)NCc1cccc(I)c1. The molecular formula is C24H30IN5O4. The molecule has 2 rings (SSSR count). The molecule has 182 valence electrons. The fraction of sp³-hybridized carbons (Fsp3) is 0.333. The van der Waals surface area contributed by atoms with Gasteiger partial charge in [-0.1, -0.05) is 42.5 Å². The lowest BCUT2D eigenvalue weighted by Crippen LogP contribution is -2.46. The first-order valence-corrected chi connectivity index (χ1v) is 11.9. The number of Topliss-reactive ketones (excluding diaryl/α,β-unsaturated/α-hetero) is 1. The van der Waals surface area contributed by atoms with E-state index in [1.807, 2.05) is 54.6 Å². The van der Waals surface area contributed by atoms with E-state index in [9.17, 15) is 14.4 Å². The third-order valence-corrected chi connectivity index (χ3v) is 5.92. The molecule has 2 atom stereocenters. The zero-order valence-electron chi connectivity index (χ0n) is 18.7. The zero-order valence-corrected chi connectivity index (χ0v) is 20.9. The van der Waals surface area contributed by atoms with Crippen molar-refractivity contribution in [3.8, 4) is 0 Å². The molecular weight excluding hydrogens is 549 g/mol. The molecule has 7 N–H and O–H groups in total. The molecule has 0 bridgehead atoms. The Bertz CT molecular complexity index is 1000. The van der Waals surface area contributed by atoms with Gasteiger partial charge in [-0.2, -0.15) is 0 Å². The van der Waals surface area contributed by atoms with Crippen LogP contribution in [0.5, 0.6) is 0 Å². The van der Waals surface area contributed by atoms with Crippen molar-refractivity contribution in [1.29, 1.82) is 5.41 Å². The predicted octanol–water partition coefficient (Wildman–Crippen LogP) is 1.87. The molecule has 1 amide bonds. The molecule has 0 saturated heterocycles. The fourth-order valence-corrected chi connectivity index (χ4v) is 3.99. The minimum Gasteiger partial charge on any atom is -0.480 e. The Labute approximate surface area is 212 Å². The Kier molecular flexibility index (Phi) is 11.1. The number of benzene rings is 2. The summed E-state index contributed by atoms with van der Waals surface area (Å²) in [6.07, 6.45) is 0.339. The van der Waals surface area contributed by atoms with E-state index in [1.165, 1.54) is 0 Å². The maximum absolute atomic E-state index is 13.1. The number of nitrogens with one attached hydrogen (secondary N) is 2. The van der Waals surface area contributed by atoms with E-state index in [4.69, 9.17) is 22.0 Å². The number of carboxylic acids is 1. The number of rotatable bonds is 13. The second-order valence-corrected chi connectivity index (χ2v) is 9.16. The van der Waals surface area contributed by atoms with E-state index in [1.54, 1.807) is 0 Å². The highest BCUT2D eigenvalue weighted by Crippen LogP contribution is 2.11. The first-order valence-electron chi connectivity index (χ1n) is 10.8. The summed E-state index contributed by atoms with van der Waals surface area (Å²) in [5.41, 5.74) is 13.0. The number of carboxylic acid groups (broad SMARTS) is 1. The number of carbonyl (C=O) groups excluding carboxylic acids is 2. The van der Waals surface area contributed by atoms with Crippen LogP contribution >= 0.6 is 22.6 Å². The Hall–Kier alpha value is -2.83. The summed E-state index contributed by atoms with van der Waals surface area (Å²) in [6, 6.07) is 15.7. The van der Waals surface area contributed by atoms with Gasteiger partial charge in [0.15, 0.2) is 11.7 Å². The normalized spacial score (nSPS) is 12.5. The molecule has 0 fully saturated rings. The molecule has 2 aromatic rings. The summed E-state index contributed by atoms with van der Waals surface area (Å²) >= 11 is 2.22. The standard InChI is InChI=1S/C24H30IN5O4/c25-18-9-4-8-17(12-18)15-29-20(13-16-6-2-1-3-7-16)21(31)14-22(32)30(24(27)28)11-5-10-19(26)23(33)34/h1-4,6-9,12,19-20,29H,5,10-11,13-15,26H2,(H3,27,28)(H,33,34). The van der Waals surface area contributed by atoms with Crippen molar-refractivity contribution in [2.45, 2.75) is 44.3 Å². The lowest BCUT2D eigenvalue weighted by Gasteiger charge is -2.23. The number of nitrogens with zero attached hydrogens (tertiary/aromatic N) is 1. The van der Waals surface area contributed by atoms with Crippen LogP contribution < -0.4 is 16.8 Å². The Morgan fingerprint density at radius 3 is 2.38 bits per heavy atom. The first-order chi connectivity index (χ1) is 16.2. The molecule has 0 aromatic heterocycles. The second-order valence-electron chi connectivity index (χ2n) is 7.91. The number of aliphatic carboxylic acids is 1. The van der Waals surface area contributed by atoms with Gasteiger partial charge in [0.1, 0.15) is 6.04 Å². The van der Waals surface area contributed by atoms with E-state index in [0.29, 0.717) is 13.0 Å². The number of amides is 1. The van der Waals surface area contributed by atoms with Crippen molar-refractivity contribution in [3.63, 3.8) is 0 Å². The number of nitrogens with two attached hydrogens (primary N) is 2. The summed E-state index contributed by atoms with van der Waals surface area (Å²) in [7, 11) is 0. The van der Waals surface area contributed by atoms with Crippen molar-refractivity contribution in [2.24, 2.45) is 11.5 Å². The van der Waals surface area contributed by atoms with Crippen LogP contribution in [-0.4, -0.2) is 52.3 Å². The number of halogens is 1. The summed E-state index contributed by atoms with van der Waals surface area (Å²) in [5.74, 6) is -2.55. The summed E-state index contributed by atoms with van der Waals surface area (Å²) in [6.45, 7) is 0.472. The van der Waals surface area contributed by atoms with Gasteiger partial charge >= 0.3 is 5.97 Å². The Morgan fingerprint density at radius 1 is 1.09 bits per heavy atom. The van der Waals surface area contributed by atoms with Crippen molar-refractivity contribution in [1.82, 2.24) is 10.2 Å². The second kappa shape index (κ2) is 13.8. The van der Waals surface area contributed by atoms with Crippen molar-refractivity contribution >= 4 is 46.2 Å². The van der Waals surface area contributed by atoms with Gasteiger partial charge in [0, 0.05) is 16.7 Å². The van der Waals surface area contributed by atoms with Gasteiger partial charge in [-0.05, 0) is 65.1 Å². The molecule has 0 radical (unpaired) electrons. The van der Waals surface area contributed by atoms with Crippen molar-refractivity contribution in [2.75, 3.05) is 6.54 Å². The minimum atomic E-state index is -1.14. The monoisotopic (exact) mass is 579 g/mol. The van der Waals surface area contributed by atoms with E-state index in [0.717, 1.165) is 19.6 Å². The van der Waals surface area contributed by atoms with Gasteiger partial charge in [-0.15, -0.1) is 0 Å². The molecule has 2 aromatic carbocycles. The van der Waals surface area contributed by atoms with E-state index >= 15 is 0 Å². The fourth-order valence-electron chi connectivity index (χ4n) is 3.38. The summed E-state index contributed by atoms with van der Waals surface area (Å²) in [4.78, 5) is 37.8. The third-order valence-electron chi connectivity index (χ3n) is 5.24. The smallest absolute Gasteiger partial charge is 0.320 e. The van der Waals surface area contributed by atoms with Gasteiger partial charge in [-0.25, -0.2) is 0 Å². The van der Waals surface area contributed by atoms with Crippen molar-refractivity contribution < 1.29 is 19.5 Å².